The molecule has 2 unspecified atom stereocenters. The zero-order chi connectivity index (χ0) is 40.9. The van der Waals surface area contributed by atoms with Crippen molar-refractivity contribution in [2.45, 2.75) is 95.8 Å². The SMILES string of the molecule is CCCCOP(=O)(COc1ccc(C[C@H](NC(=O)O[C@H]2CO[C@H]3OCC[C@H]32)[C@H](O)CN(CC(C)C)S(=O)(=O)c2ccc(OC)cc2)cc1)OC(C)C(=O)OCC. The van der Waals surface area contributed by atoms with Crippen LogP contribution < -0.4 is 14.8 Å². The van der Waals surface area contributed by atoms with E-state index in [1.54, 1.807) is 43.3 Å². The number of benzene rings is 2. The van der Waals surface area contributed by atoms with Gasteiger partial charge in [-0.1, -0.05) is 39.3 Å². The fraction of sp³-hybridized carbons (Fsp3) is 0.632. The first kappa shape index (κ1) is 45.4. The highest BCUT2D eigenvalue weighted by atomic mass is 32.2. The zero-order valence-corrected chi connectivity index (χ0v) is 34.7. The normalized spacial score (nSPS) is 20.8. The lowest BCUT2D eigenvalue weighted by Gasteiger charge is -2.31. The molecule has 18 heteroatoms. The number of amides is 1. The van der Waals surface area contributed by atoms with E-state index in [2.05, 4.69) is 5.32 Å². The maximum absolute atomic E-state index is 13.9. The average Bonchev–Trinajstić information content (AvgIpc) is 3.79. The minimum atomic E-state index is -4.07. The highest BCUT2D eigenvalue weighted by Crippen LogP contribution is 2.49. The van der Waals surface area contributed by atoms with E-state index >= 15 is 0 Å². The predicted octanol–water partition coefficient (Wildman–Crippen LogP) is 5.12. The monoisotopic (exact) mass is 828 g/mol. The van der Waals surface area contributed by atoms with Crippen molar-refractivity contribution in [2.24, 2.45) is 11.8 Å². The minimum Gasteiger partial charge on any atom is -0.497 e. The Kier molecular flexibility index (Phi) is 17.4. The molecule has 0 saturated carbocycles. The van der Waals surface area contributed by atoms with Crippen molar-refractivity contribution in [3.8, 4) is 11.5 Å². The summed E-state index contributed by atoms with van der Waals surface area (Å²) in [7, 11) is -6.47. The second kappa shape index (κ2) is 21.5. The third-order valence-corrected chi connectivity index (χ3v) is 12.7. The fourth-order valence-electron chi connectivity index (χ4n) is 6.18. The number of aliphatic hydroxyl groups excluding tert-OH is 1. The Bertz CT molecular complexity index is 1690. The van der Waals surface area contributed by atoms with E-state index in [1.807, 2.05) is 20.8 Å². The van der Waals surface area contributed by atoms with E-state index in [0.29, 0.717) is 36.5 Å². The topological polar surface area (TPSA) is 195 Å². The lowest BCUT2D eigenvalue weighted by atomic mass is 10.0. The number of alkyl carbamates (subject to hydrolysis) is 1. The van der Waals surface area contributed by atoms with Crippen LogP contribution in [0.4, 0.5) is 4.79 Å². The Morgan fingerprint density at radius 3 is 2.36 bits per heavy atom. The van der Waals surface area contributed by atoms with Crippen molar-refractivity contribution in [2.75, 3.05) is 53.0 Å². The number of esters is 1. The molecule has 2 aromatic rings. The molecule has 2 saturated heterocycles. The Morgan fingerprint density at radius 1 is 1.02 bits per heavy atom. The number of carbonyl (C=O) groups is 2. The Balaban J connectivity index is 1.51. The van der Waals surface area contributed by atoms with E-state index in [-0.39, 0.29) is 56.1 Å². The summed E-state index contributed by atoms with van der Waals surface area (Å²) in [6.07, 6.45) is -2.61. The van der Waals surface area contributed by atoms with Crippen LogP contribution >= 0.6 is 7.60 Å². The van der Waals surface area contributed by atoms with Crippen molar-refractivity contribution < 1.29 is 65.1 Å². The van der Waals surface area contributed by atoms with Gasteiger partial charge in [0.25, 0.3) is 0 Å². The Labute approximate surface area is 330 Å². The van der Waals surface area contributed by atoms with Gasteiger partial charge in [0, 0.05) is 13.1 Å². The molecule has 2 fully saturated rings. The molecule has 314 valence electrons. The highest BCUT2D eigenvalue weighted by Gasteiger charge is 2.44. The zero-order valence-electron chi connectivity index (χ0n) is 33.0. The lowest BCUT2D eigenvalue weighted by Crippen LogP contribution is -2.51. The fourth-order valence-corrected chi connectivity index (χ4v) is 9.28. The average molecular weight is 829 g/mol. The number of sulfonamides is 1. The van der Waals surface area contributed by atoms with Crippen LogP contribution in [0.3, 0.4) is 0 Å². The van der Waals surface area contributed by atoms with E-state index in [9.17, 15) is 27.7 Å². The van der Waals surface area contributed by atoms with Gasteiger partial charge in [0.15, 0.2) is 18.7 Å². The second-order valence-corrected chi connectivity index (χ2v) is 18.0. The number of nitrogens with one attached hydrogen (secondary N) is 1. The van der Waals surface area contributed by atoms with Gasteiger partial charge in [-0.3, -0.25) is 9.09 Å². The van der Waals surface area contributed by atoms with Crippen LogP contribution in [0, 0.1) is 11.8 Å². The second-order valence-electron chi connectivity index (χ2n) is 14.1. The van der Waals surface area contributed by atoms with Crippen molar-refractivity contribution >= 4 is 29.7 Å². The molecule has 56 heavy (non-hydrogen) atoms. The summed E-state index contributed by atoms with van der Waals surface area (Å²) in [4.78, 5) is 25.5. The maximum atomic E-state index is 13.9. The Morgan fingerprint density at radius 2 is 1.71 bits per heavy atom. The van der Waals surface area contributed by atoms with Crippen molar-refractivity contribution in [1.82, 2.24) is 9.62 Å². The van der Waals surface area contributed by atoms with Gasteiger partial charge in [-0.15, -0.1) is 0 Å². The van der Waals surface area contributed by atoms with Gasteiger partial charge in [0.1, 0.15) is 17.6 Å². The Hall–Kier alpha value is -3.28. The van der Waals surface area contributed by atoms with Crippen molar-refractivity contribution in [3.05, 3.63) is 54.1 Å². The number of carbonyl (C=O) groups excluding carboxylic acids is 2. The molecule has 2 heterocycles. The van der Waals surface area contributed by atoms with Gasteiger partial charge in [-0.2, -0.15) is 4.31 Å². The van der Waals surface area contributed by atoms with Crippen LogP contribution in [0.25, 0.3) is 0 Å². The molecule has 0 radical (unpaired) electrons. The van der Waals surface area contributed by atoms with Gasteiger partial charge in [0.2, 0.25) is 10.0 Å². The summed E-state index contributed by atoms with van der Waals surface area (Å²) in [5, 5.41) is 14.5. The molecular formula is C38H57N2O14PS. The molecular weight excluding hydrogens is 771 g/mol. The molecule has 1 amide bonds. The molecule has 7 atom stereocenters. The van der Waals surface area contributed by atoms with Crippen LogP contribution in [0.1, 0.15) is 59.4 Å². The van der Waals surface area contributed by atoms with E-state index in [1.165, 1.54) is 30.5 Å². The molecule has 2 aliphatic rings. The van der Waals surface area contributed by atoms with Gasteiger partial charge < -0.3 is 43.4 Å². The number of nitrogens with zero attached hydrogens (tertiary/aromatic N) is 1. The van der Waals surface area contributed by atoms with Crippen molar-refractivity contribution in [3.63, 3.8) is 0 Å². The minimum absolute atomic E-state index is 0.0290. The number of ether oxygens (including phenoxy) is 6. The predicted molar refractivity (Wildman–Crippen MR) is 205 cm³/mol. The molecule has 2 N–H and O–H groups in total. The van der Waals surface area contributed by atoms with Crippen LogP contribution in [-0.4, -0.2) is 114 Å². The molecule has 0 bridgehead atoms. The first-order chi connectivity index (χ1) is 26.7. The van der Waals surface area contributed by atoms with Gasteiger partial charge in [0.05, 0.1) is 56.5 Å². The third-order valence-electron chi connectivity index (χ3n) is 9.16. The number of rotatable bonds is 23. The molecule has 0 aromatic heterocycles. The van der Waals surface area contributed by atoms with Gasteiger partial charge >= 0.3 is 19.7 Å². The van der Waals surface area contributed by atoms with Crippen LogP contribution in [0.15, 0.2) is 53.4 Å². The molecule has 2 aliphatic heterocycles. The summed E-state index contributed by atoms with van der Waals surface area (Å²) >= 11 is 0. The highest BCUT2D eigenvalue weighted by molar-refractivity contribution is 7.89. The molecule has 0 aliphatic carbocycles. The summed E-state index contributed by atoms with van der Waals surface area (Å²) in [6, 6.07) is 11.6. The number of aliphatic hydroxyl groups is 1. The summed E-state index contributed by atoms with van der Waals surface area (Å²) in [6.45, 7) is 9.48. The number of methoxy groups -OCH3 is 1. The van der Waals surface area contributed by atoms with Gasteiger partial charge in [-0.25, -0.2) is 18.0 Å². The van der Waals surface area contributed by atoms with E-state index in [4.69, 9.17) is 37.5 Å². The van der Waals surface area contributed by atoms with Crippen LogP contribution in [0.5, 0.6) is 11.5 Å². The van der Waals surface area contributed by atoms with Crippen molar-refractivity contribution in [1.29, 1.82) is 0 Å². The number of hydrogen-bond donors (Lipinski definition) is 2. The summed E-state index contributed by atoms with van der Waals surface area (Å²) < 4.78 is 86.5. The summed E-state index contributed by atoms with van der Waals surface area (Å²) in [5.74, 6) is -0.0706. The van der Waals surface area contributed by atoms with Crippen LogP contribution in [0.2, 0.25) is 0 Å². The van der Waals surface area contributed by atoms with Crippen LogP contribution in [-0.2, 0) is 53.8 Å². The third kappa shape index (κ3) is 13.1. The number of hydrogen-bond acceptors (Lipinski definition) is 14. The first-order valence-electron chi connectivity index (χ1n) is 19.0. The van der Waals surface area contributed by atoms with E-state index in [0.717, 1.165) is 6.42 Å². The molecule has 2 aromatic carbocycles. The molecule has 16 nitrogen and oxygen atoms in total. The standard InChI is InChI=1S/C38H57N2O14PS/c1-7-9-19-52-55(44,54-27(5)36(42)48-8-2)25-51-30-12-10-28(11-13-30)21-33(39-38(43)53-35-24-50-37-32(35)18-20-49-37)34(41)23-40(22-26(3)4)56(45,46)31-16-14-29(47-6)15-17-31/h10-17,26-27,32-35,37,41H,7-9,18-25H2,1-6H3,(H,39,43)/t27?,32-,33-,34+,35-,37+,55?/m0/s1. The van der Waals surface area contributed by atoms with E-state index < -0.39 is 66.7 Å². The maximum Gasteiger partial charge on any atom is 0.407 e. The number of unbranched alkanes of at least 4 members (excludes halogenated alkanes) is 1. The lowest BCUT2D eigenvalue weighted by molar-refractivity contribution is -0.151. The molecule has 4 rings (SSSR count). The largest absolute Gasteiger partial charge is 0.497 e. The smallest absolute Gasteiger partial charge is 0.407 e. The van der Waals surface area contributed by atoms with Gasteiger partial charge in [-0.05, 0) is 81.0 Å². The first-order valence-corrected chi connectivity index (χ1v) is 22.2. The quantitative estimate of drug-likeness (QED) is 0.0852. The number of fused-ring (bicyclic) bond motifs is 1. The summed E-state index contributed by atoms with van der Waals surface area (Å²) in [5.41, 5.74) is 0.651. The molecule has 0 spiro atoms.